The molecule has 0 aliphatic heterocycles. The SMILES string of the molecule is CCOC(=O)c1cnn(-c2cccc(-c3cc(Br)cnc3F)n2)c1C(F)(F)F. The number of halogens is 5. The van der Waals surface area contributed by atoms with Gasteiger partial charge >= 0.3 is 12.1 Å². The number of esters is 1. The standard InChI is InChI=1S/C17H11BrF4N4O2/c1-2-28-16(27)11-8-24-26(14(11)17(20,21)22)13-5-3-4-12(25-13)10-6-9(18)7-23-15(10)19/h3-8H,2H2,1H3. The van der Waals surface area contributed by atoms with Gasteiger partial charge in [0.05, 0.1) is 24.1 Å². The molecule has 3 rings (SSSR count). The maximum Gasteiger partial charge on any atom is 0.434 e. The number of nitrogens with zero attached hydrogens (tertiary/aromatic N) is 4. The molecule has 0 saturated carbocycles. The van der Waals surface area contributed by atoms with Crippen LogP contribution in [0.3, 0.4) is 0 Å². The molecule has 0 atom stereocenters. The Kier molecular flexibility index (Phi) is 5.45. The van der Waals surface area contributed by atoms with Crippen molar-refractivity contribution in [1.82, 2.24) is 19.7 Å². The van der Waals surface area contributed by atoms with Gasteiger partial charge in [0, 0.05) is 10.7 Å². The average Bonchev–Trinajstić information content (AvgIpc) is 3.10. The second-order valence-corrected chi connectivity index (χ2v) is 6.33. The first-order valence-electron chi connectivity index (χ1n) is 7.83. The van der Waals surface area contributed by atoms with Gasteiger partial charge in [-0.3, -0.25) is 0 Å². The van der Waals surface area contributed by atoms with Crippen molar-refractivity contribution in [3.8, 4) is 17.1 Å². The average molecular weight is 459 g/mol. The fraction of sp³-hybridized carbons (Fsp3) is 0.176. The zero-order chi connectivity index (χ0) is 20.5. The second kappa shape index (κ2) is 7.66. The highest BCUT2D eigenvalue weighted by atomic mass is 79.9. The molecule has 0 spiro atoms. The molecule has 0 saturated heterocycles. The van der Waals surface area contributed by atoms with E-state index in [0.717, 1.165) is 6.20 Å². The molecule has 3 aromatic rings. The van der Waals surface area contributed by atoms with Gasteiger partial charge in [-0.15, -0.1) is 0 Å². The summed E-state index contributed by atoms with van der Waals surface area (Å²) in [5, 5.41) is 3.65. The highest BCUT2D eigenvalue weighted by Gasteiger charge is 2.41. The minimum absolute atomic E-state index is 0.0115. The third-order valence-electron chi connectivity index (χ3n) is 3.57. The molecule has 28 heavy (non-hydrogen) atoms. The van der Waals surface area contributed by atoms with Crippen molar-refractivity contribution >= 4 is 21.9 Å². The second-order valence-electron chi connectivity index (χ2n) is 5.41. The van der Waals surface area contributed by atoms with Crippen molar-refractivity contribution < 1.29 is 27.1 Å². The Balaban J connectivity index is 2.15. The largest absolute Gasteiger partial charge is 0.462 e. The molecule has 0 radical (unpaired) electrons. The number of carbonyl (C=O) groups excluding carboxylic acids is 1. The molecule has 0 amide bonds. The fourth-order valence-electron chi connectivity index (χ4n) is 2.45. The molecular weight excluding hydrogens is 448 g/mol. The Labute approximate surface area is 164 Å². The Morgan fingerprint density at radius 3 is 2.71 bits per heavy atom. The van der Waals surface area contributed by atoms with Crippen LogP contribution in [0.5, 0.6) is 0 Å². The van der Waals surface area contributed by atoms with Crippen LogP contribution < -0.4 is 0 Å². The van der Waals surface area contributed by atoms with Gasteiger partial charge in [-0.2, -0.15) is 22.7 Å². The predicted octanol–water partition coefficient (Wildman–Crippen LogP) is 4.43. The van der Waals surface area contributed by atoms with Crippen LogP contribution in [0.4, 0.5) is 17.6 Å². The summed E-state index contributed by atoms with van der Waals surface area (Å²) in [5.41, 5.74) is -2.03. The number of hydrogen-bond acceptors (Lipinski definition) is 5. The normalized spacial score (nSPS) is 11.5. The van der Waals surface area contributed by atoms with Crippen LogP contribution in [0.2, 0.25) is 0 Å². The smallest absolute Gasteiger partial charge is 0.434 e. The lowest BCUT2D eigenvalue weighted by molar-refractivity contribution is -0.143. The van der Waals surface area contributed by atoms with Crippen molar-refractivity contribution in [3.05, 3.63) is 58.3 Å². The summed E-state index contributed by atoms with van der Waals surface area (Å²) < 4.78 is 60.4. The quantitative estimate of drug-likeness (QED) is 0.328. The molecular formula is C17H11BrF4N4O2. The van der Waals surface area contributed by atoms with E-state index in [1.54, 1.807) is 0 Å². The summed E-state index contributed by atoms with van der Waals surface area (Å²) in [6.45, 7) is 1.38. The molecule has 0 aliphatic rings. The third kappa shape index (κ3) is 3.88. The Bertz CT molecular complexity index is 1040. The number of hydrogen-bond donors (Lipinski definition) is 0. The Morgan fingerprint density at radius 1 is 1.29 bits per heavy atom. The lowest BCUT2D eigenvalue weighted by atomic mass is 10.2. The first-order chi connectivity index (χ1) is 13.2. The van der Waals surface area contributed by atoms with E-state index in [1.165, 1.54) is 37.4 Å². The molecule has 0 N–H and O–H groups in total. The molecule has 3 heterocycles. The maximum atomic E-state index is 14.0. The molecule has 146 valence electrons. The number of alkyl halides is 3. The van der Waals surface area contributed by atoms with Gasteiger partial charge in [0.25, 0.3) is 0 Å². The minimum atomic E-state index is -4.90. The maximum absolute atomic E-state index is 14.0. The molecule has 11 heteroatoms. The van der Waals surface area contributed by atoms with Crippen molar-refractivity contribution in [3.63, 3.8) is 0 Å². The van der Waals surface area contributed by atoms with Crippen molar-refractivity contribution in [1.29, 1.82) is 0 Å². The number of pyridine rings is 2. The van der Waals surface area contributed by atoms with Crippen LogP contribution in [0, 0.1) is 5.95 Å². The monoisotopic (exact) mass is 458 g/mol. The first-order valence-corrected chi connectivity index (χ1v) is 8.63. The molecule has 0 bridgehead atoms. The van der Waals surface area contributed by atoms with Gasteiger partial charge in [-0.05, 0) is 41.1 Å². The van der Waals surface area contributed by atoms with Crippen molar-refractivity contribution in [2.24, 2.45) is 0 Å². The number of ether oxygens (including phenoxy) is 1. The van der Waals surface area contributed by atoms with Gasteiger partial charge in [0.15, 0.2) is 11.5 Å². The number of aromatic nitrogens is 4. The summed E-state index contributed by atoms with van der Waals surface area (Å²) in [6.07, 6.45) is -2.90. The van der Waals surface area contributed by atoms with Crippen molar-refractivity contribution in [2.45, 2.75) is 13.1 Å². The summed E-state index contributed by atoms with van der Waals surface area (Å²) in [7, 11) is 0. The van der Waals surface area contributed by atoms with Gasteiger partial charge < -0.3 is 4.74 Å². The van der Waals surface area contributed by atoms with Crippen LogP contribution in [-0.2, 0) is 10.9 Å². The van der Waals surface area contributed by atoms with Crippen LogP contribution in [-0.4, -0.2) is 32.3 Å². The Hall–Kier alpha value is -2.82. The minimum Gasteiger partial charge on any atom is -0.462 e. The lowest BCUT2D eigenvalue weighted by Crippen LogP contribution is -2.19. The lowest BCUT2D eigenvalue weighted by Gasteiger charge is -2.12. The van der Waals surface area contributed by atoms with Crippen LogP contribution >= 0.6 is 15.9 Å². The van der Waals surface area contributed by atoms with E-state index in [-0.39, 0.29) is 23.7 Å². The zero-order valence-electron chi connectivity index (χ0n) is 14.2. The summed E-state index contributed by atoms with van der Waals surface area (Å²) in [4.78, 5) is 19.5. The Morgan fingerprint density at radius 2 is 2.04 bits per heavy atom. The van der Waals surface area contributed by atoms with E-state index in [0.29, 0.717) is 9.15 Å². The van der Waals surface area contributed by atoms with Gasteiger partial charge in [0.1, 0.15) is 5.56 Å². The van der Waals surface area contributed by atoms with E-state index in [1.807, 2.05) is 0 Å². The van der Waals surface area contributed by atoms with E-state index >= 15 is 0 Å². The molecule has 0 aliphatic carbocycles. The topological polar surface area (TPSA) is 69.9 Å². The molecule has 0 aromatic carbocycles. The number of carbonyl (C=O) groups is 1. The van der Waals surface area contributed by atoms with Gasteiger partial charge in [-0.1, -0.05) is 6.07 Å². The van der Waals surface area contributed by atoms with E-state index < -0.39 is 29.4 Å². The predicted molar refractivity (Wildman–Crippen MR) is 93.2 cm³/mol. The highest BCUT2D eigenvalue weighted by molar-refractivity contribution is 9.10. The molecule has 3 aromatic heterocycles. The molecule has 0 fully saturated rings. The van der Waals surface area contributed by atoms with Gasteiger partial charge in [-0.25, -0.2) is 19.4 Å². The van der Waals surface area contributed by atoms with E-state index in [9.17, 15) is 22.4 Å². The zero-order valence-corrected chi connectivity index (χ0v) is 15.8. The van der Waals surface area contributed by atoms with Gasteiger partial charge in [0.2, 0.25) is 5.95 Å². The van der Waals surface area contributed by atoms with E-state index in [2.05, 4.69) is 35.7 Å². The summed E-state index contributed by atoms with van der Waals surface area (Å²) in [5.74, 6) is -2.24. The molecule has 6 nitrogen and oxygen atoms in total. The van der Waals surface area contributed by atoms with Crippen molar-refractivity contribution in [2.75, 3.05) is 6.61 Å². The highest BCUT2D eigenvalue weighted by Crippen LogP contribution is 2.34. The van der Waals surface area contributed by atoms with E-state index in [4.69, 9.17) is 0 Å². The van der Waals surface area contributed by atoms with Crippen LogP contribution in [0.1, 0.15) is 23.0 Å². The first kappa shape index (κ1) is 19.9. The fourth-order valence-corrected chi connectivity index (χ4v) is 2.78. The number of rotatable bonds is 4. The van der Waals surface area contributed by atoms with Crippen LogP contribution in [0.25, 0.3) is 17.1 Å². The van der Waals surface area contributed by atoms with Crippen LogP contribution in [0.15, 0.2) is 41.1 Å². The third-order valence-corrected chi connectivity index (χ3v) is 4.00. The summed E-state index contributed by atoms with van der Waals surface area (Å²) >= 11 is 3.15. The summed E-state index contributed by atoms with van der Waals surface area (Å²) in [6, 6.07) is 5.46. The molecule has 0 unspecified atom stereocenters.